The van der Waals surface area contributed by atoms with E-state index in [1.54, 1.807) is 0 Å². The van der Waals surface area contributed by atoms with E-state index in [4.69, 9.17) is 9.47 Å². The molecule has 1 saturated heterocycles. The van der Waals surface area contributed by atoms with E-state index in [1.807, 2.05) is 32.0 Å². The van der Waals surface area contributed by atoms with Crippen LogP contribution in [-0.4, -0.2) is 31.8 Å². The molecule has 0 spiro atoms. The summed E-state index contributed by atoms with van der Waals surface area (Å²) in [5.74, 6) is -0.261. The number of anilines is 1. The Bertz CT molecular complexity index is 439. The minimum atomic E-state index is -0.261. The number of ether oxygens (including phenoxy) is 2. The lowest BCUT2D eigenvalue weighted by Crippen LogP contribution is -2.28. The van der Waals surface area contributed by atoms with E-state index in [0.717, 1.165) is 37.3 Å². The molecular weight excluding hydrogens is 242 g/mol. The summed E-state index contributed by atoms with van der Waals surface area (Å²) in [6, 6.07) is 6.10. The highest BCUT2D eigenvalue weighted by Gasteiger charge is 2.15. The molecule has 19 heavy (non-hydrogen) atoms. The fourth-order valence-electron chi connectivity index (χ4n) is 2.23. The monoisotopic (exact) mass is 263 g/mol. The highest BCUT2D eigenvalue weighted by molar-refractivity contribution is 5.90. The molecule has 104 valence electrons. The normalized spacial score (nSPS) is 16.1. The first-order valence-corrected chi connectivity index (χ1v) is 6.82. The number of benzene rings is 1. The van der Waals surface area contributed by atoms with Crippen molar-refractivity contribution in [2.75, 3.05) is 25.1 Å². The summed E-state index contributed by atoms with van der Waals surface area (Å²) >= 11 is 0. The lowest BCUT2D eigenvalue weighted by Gasteiger charge is -2.25. The molecule has 1 aromatic rings. The third-order valence-electron chi connectivity index (χ3n) is 3.32. The fourth-order valence-corrected chi connectivity index (χ4v) is 2.23. The third kappa shape index (κ3) is 3.70. The SMILES string of the molecule is CCOC(=O)c1ccc(NC2CCOCC2)c(C)c1. The summed E-state index contributed by atoms with van der Waals surface area (Å²) in [7, 11) is 0. The number of esters is 1. The Hall–Kier alpha value is -1.55. The number of aryl methyl sites for hydroxylation is 1. The van der Waals surface area contributed by atoms with Crippen molar-refractivity contribution >= 4 is 11.7 Å². The van der Waals surface area contributed by atoms with Crippen LogP contribution in [0.1, 0.15) is 35.7 Å². The second kappa shape index (κ2) is 6.57. The topological polar surface area (TPSA) is 47.6 Å². The highest BCUT2D eigenvalue weighted by Crippen LogP contribution is 2.20. The van der Waals surface area contributed by atoms with Crippen LogP contribution in [0, 0.1) is 6.92 Å². The van der Waals surface area contributed by atoms with Crippen LogP contribution in [0.2, 0.25) is 0 Å². The molecule has 4 heteroatoms. The quantitative estimate of drug-likeness (QED) is 0.849. The zero-order valence-corrected chi connectivity index (χ0v) is 11.6. The van der Waals surface area contributed by atoms with E-state index >= 15 is 0 Å². The molecule has 0 unspecified atom stereocenters. The zero-order chi connectivity index (χ0) is 13.7. The van der Waals surface area contributed by atoms with Crippen molar-refractivity contribution in [3.8, 4) is 0 Å². The molecule has 0 aromatic heterocycles. The van der Waals surface area contributed by atoms with E-state index in [2.05, 4.69) is 5.32 Å². The first-order valence-electron chi connectivity index (χ1n) is 6.82. The maximum atomic E-state index is 11.6. The van der Waals surface area contributed by atoms with Crippen LogP contribution in [0.4, 0.5) is 5.69 Å². The standard InChI is InChI=1S/C15H21NO3/c1-3-19-15(17)12-4-5-14(11(2)10-12)16-13-6-8-18-9-7-13/h4-5,10,13,16H,3,6-9H2,1-2H3. The van der Waals surface area contributed by atoms with E-state index < -0.39 is 0 Å². The van der Waals surface area contributed by atoms with Crippen LogP contribution < -0.4 is 5.32 Å². The van der Waals surface area contributed by atoms with Crippen LogP contribution in [0.3, 0.4) is 0 Å². The van der Waals surface area contributed by atoms with Crippen molar-refractivity contribution in [3.63, 3.8) is 0 Å². The summed E-state index contributed by atoms with van der Waals surface area (Å²) in [6.07, 6.45) is 2.05. The number of hydrogen-bond acceptors (Lipinski definition) is 4. The lowest BCUT2D eigenvalue weighted by molar-refractivity contribution is 0.0526. The van der Waals surface area contributed by atoms with Crippen molar-refractivity contribution in [2.45, 2.75) is 32.7 Å². The van der Waals surface area contributed by atoms with Crippen molar-refractivity contribution in [1.82, 2.24) is 0 Å². The minimum Gasteiger partial charge on any atom is -0.462 e. The molecule has 1 fully saturated rings. The van der Waals surface area contributed by atoms with Crippen molar-refractivity contribution in [1.29, 1.82) is 0 Å². The number of carbonyl (C=O) groups excluding carboxylic acids is 1. The van der Waals surface area contributed by atoms with Crippen LogP contribution in [0.5, 0.6) is 0 Å². The second-order valence-corrected chi connectivity index (χ2v) is 4.78. The van der Waals surface area contributed by atoms with Gasteiger partial charge in [0.2, 0.25) is 0 Å². The fraction of sp³-hybridized carbons (Fsp3) is 0.533. The van der Waals surface area contributed by atoms with Gasteiger partial charge in [0.05, 0.1) is 12.2 Å². The Morgan fingerprint density at radius 1 is 1.42 bits per heavy atom. The van der Waals surface area contributed by atoms with Crippen LogP contribution in [-0.2, 0) is 9.47 Å². The van der Waals surface area contributed by atoms with Gasteiger partial charge in [-0.15, -0.1) is 0 Å². The van der Waals surface area contributed by atoms with E-state index in [9.17, 15) is 4.79 Å². The summed E-state index contributed by atoms with van der Waals surface area (Å²) in [6.45, 7) is 5.85. The maximum absolute atomic E-state index is 11.6. The van der Waals surface area contributed by atoms with E-state index in [1.165, 1.54) is 0 Å². The summed E-state index contributed by atoms with van der Waals surface area (Å²) < 4.78 is 10.3. The van der Waals surface area contributed by atoms with Gasteiger partial charge in [0, 0.05) is 24.9 Å². The zero-order valence-electron chi connectivity index (χ0n) is 11.6. The van der Waals surface area contributed by atoms with Gasteiger partial charge in [-0.1, -0.05) is 0 Å². The van der Waals surface area contributed by atoms with Crippen LogP contribution in [0.25, 0.3) is 0 Å². The maximum Gasteiger partial charge on any atom is 0.338 e. The van der Waals surface area contributed by atoms with Gasteiger partial charge in [-0.3, -0.25) is 0 Å². The number of nitrogens with one attached hydrogen (secondary N) is 1. The molecule has 1 heterocycles. The van der Waals surface area contributed by atoms with Gasteiger partial charge in [-0.05, 0) is 50.5 Å². The minimum absolute atomic E-state index is 0.261. The number of rotatable bonds is 4. The van der Waals surface area contributed by atoms with Crippen LogP contribution in [0.15, 0.2) is 18.2 Å². The smallest absolute Gasteiger partial charge is 0.338 e. The summed E-state index contributed by atoms with van der Waals surface area (Å²) in [5, 5.41) is 3.52. The molecular formula is C15H21NO3. The van der Waals surface area contributed by atoms with Gasteiger partial charge >= 0.3 is 5.97 Å². The van der Waals surface area contributed by atoms with Gasteiger partial charge in [-0.2, -0.15) is 0 Å². The molecule has 1 aliphatic rings. The van der Waals surface area contributed by atoms with Gasteiger partial charge in [0.25, 0.3) is 0 Å². The molecule has 4 nitrogen and oxygen atoms in total. The first-order chi connectivity index (χ1) is 9.20. The predicted octanol–water partition coefficient (Wildman–Crippen LogP) is 2.76. The number of carbonyl (C=O) groups is 1. The van der Waals surface area contributed by atoms with Gasteiger partial charge in [-0.25, -0.2) is 4.79 Å². The Morgan fingerprint density at radius 2 is 2.16 bits per heavy atom. The largest absolute Gasteiger partial charge is 0.462 e. The van der Waals surface area contributed by atoms with E-state index in [0.29, 0.717) is 18.2 Å². The molecule has 0 bridgehead atoms. The first kappa shape index (κ1) is 13.9. The second-order valence-electron chi connectivity index (χ2n) is 4.78. The average molecular weight is 263 g/mol. The van der Waals surface area contributed by atoms with E-state index in [-0.39, 0.29) is 5.97 Å². The Morgan fingerprint density at radius 3 is 2.79 bits per heavy atom. The number of hydrogen-bond donors (Lipinski definition) is 1. The van der Waals surface area contributed by atoms with Gasteiger partial charge in [0.1, 0.15) is 0 Å². The van der Waals surface area contributed by atoms with Gasteiger partial charge < -0.3 is 14.8 Å². The molecule has 1 N–H and O–H groups in total. The predicted molar refractivity (Wildman–Crippen MR) is 74.6 cm³/mol. The molecule has 1 aliphatic heterocycles. The van der Waals surface area contributed by atoms with Crippen molar-refractivity contribution < 1.29 is 14.3 Å². The molecule has 0 aliphatic carbocycles. The Balaban J connectivity index is 2.04. The lowest BCUT2D eigenvalue weighted by atomic mass is 10.1. The van der Waals surface area contributed by atoms with Crippen molar-refractivity contribution in [3.05, 3.63) is 29.3 Å². The third-order valence-corrected chi connectivity index (χ3v) is 3.32. The van der Waals surface area contributed by atoms with Crippen molar-refractivity contribution in [2.24, 2.45) is 0 Å². The molecule has 0 amide bonds. The summed E-state index contributed by atoms with van der Waals surface area (Å²) in [4.78, 5) is 11.6. The highest BCUT2D eigenvalue weighted by atomic mass is 16.5. The average Bonchev–Trinajstić information content (AvgIpc) is 2.42. The van der Waals surface area contributed by atoms with Crippen LogP contribution >= 0.6 is 0 Å². The summed E-state index contributed by atoms with van der Waals surface area (Å²) in [5.41, 5.74) is 2.76. The molecule has 0 saturated carbocycles. The molecule has 0 atom stereocenters. The molecule has 0 radical (unpaired) electrons. The van der Waals surface area contributed by atoms with Gasteiger partial charge in [0.15, 0.2) is 0 Å². The molecule has 1 aromatic carbocycles. The Kier molecular flexibility index (Phi) is 4.80. The molecule has 2 rings (SSSR count). The Labute approximate surface area is 114 Å².